The summed E-state index contributed by atoms with van der Waals surface area (Å²) in [7, 11) is 0. The monoisotopic (exact) mass is 482 g/mol. The van der Waals surface area contributed by atoms with Crippen molar-refractivity contribution in [1.29, 1.82) is 0 Å². The Morgan fingerprint density at radius 2 is 1.86 bits per heavy atom. The highest BCUT2D eigenvalue weighted by Crippen LogP contribution is 2.48. The minimum atomic E-state index is -0.154. The smallest absolute Gasteiger partial charge is 0.159 e. The fraction of sp³-hybridized carbons (Fsp3) is 0.633. The zero-order valence-electron chi connectivity index (χ0n) is 21.8. The number of hydrogen-bond donors (Lipinski definition) is 1. The average Bonchev–Trinajstić information content (AvgIpc) is 2.84. The van der Waals surface area contributed by atoms with Crippen LogP contribution in [0.5, 0.6) is 5.75 Å². The van der Waals surface area contributed by atoms with Crippen LogP contribution >= 0.6 is 0 Å². The molecule has 2 aliphatic carbocycles. The number of para-hydroxylation sites is 1. The molecular weight excluding hydrogens is 440 g/mol. The molecule has 1 spiro atoms. The number of carbonyl (C=O) groups excluding carboxylic acids is 1. The van der Waals surface area contributed by atoms with Crippen LogP contribution in [0.1, 0.15) is 90.5 Å². The maximum Gasteiger partial charge on any atom is 0.159 e. The van der Waals surface area contributed by atoms with Gasteiger partial charge in [0, 0.05) is 24.3 Å². The Balaban J connectivity index is 1.37. The number of ketones is 1. The van der Waals surface area contributed by atoms with E-state index in [2.05, 4.69) is 32.0 Å². The zero-order chi connectivity index (χ0) is 25.0. The highest BCUT2D eigenvalue weighted by Gasteiger charge is 2.44. The number of Topliss-reactive ketones (excluding diaryl/α,β-unsaturated/α-hetero) is 1. The first-order valence-electron chi connectivity index (χ1n) is 13.4. The van der Waals surface area contributed by atoms with Gasteiger partial charge >= 0.3 is 0 Å². The van der Waals surface area contributed by atoms with Gasteiger partial charge in [0.2, 0.25) is 0 Å². The number of carbonyl (C=O) groups is 1. The van der Waals surface area contributed by atoms with E-state index in [0.29, 0.717) is 31.1 Å². The van der Waals surface area contributed by atoms with Gasteiger partial charge < -0.3 is 19.3 Å². The number of hydrogen-bond acceptors (Lipinski definition) is 5. The molecule has 1 N–H and O–H groups in total. The molecule has 1 heterocycles. The molecule has 192 valence electrons. The number of aliphatic hydroxyl groups excluding tert-OH is 1. The van der Waals surface area contributed by atoms with Gasteiger partial charge in [-0.1, -0.05) is 18.2 Å². The van der Waals surface area contributed by atoms with Gasteiger partial charge in [-0.15, -0.1) is 0 Å². The number of allylic oxidation sites excluding steroid dienone is 2. The third kappa shape index (κ3) is 6.37. The first-order chi connectivity index (χ1) is 16.8. The Morgan fingerprint density at radius 3 is 2.54 bits per heavy atom. The Kier molecular flexibility index (Phi) is 8.38. The topological polar surface area (TPSA) is 65.0 Å². The molecule has 35 heavy (non-hydrogen) atoms. The van der Waals surface area contributed by atoms with Crippen molar-refractivity contribution < 1.29 is 24.1 Å². The molecule has 1 atom stereocenters. The van der Waals surface area contributed by atoms with Gasteiger partial charge in [0.25, 0.3) is 0 Å². The second kappa shape index (κ2) is 11.3. The van der Waals surface area contributed by atoms with Crippen LogP contribution in [0, 0.1) is 5.92 Å². The van der Waals surface area contributed by atoms with Crippen molar-refractivity contribution in [1.82, 2.24) is 0 Å². The predicted molar refractivity (Wildman–Crippen MR) is 137 cm³/mol. The molecule has 5 heteroatoms. The van der Waals surface area contributed by atoms with Gasteiger partial charge in [-0.3, -0.25) is 4.79 Å². The van der Waals surface area contributed by atoms with Gasteiger partial charge in [-0.05, 0) is 95.4 Å². The fourth-order valence-electron chi connectivity index (χ4n) is 5.85. The summed E-state index contributed by atoms with van der Waals surface area (Å²) in [5.74, 6) is 2.78. The molecule has 1 aromatic rings. The largest absolute Gasteiger partial charge is 0.495 e. The molecule has 5 nitrogen and oxygen atoms in total. The first kappa shape index (κ1) is 26.0. The van der Waals surface area contributed by atoms with Gasteiger partial charge in [-0.2, -0.15) is 0 Å². The van der Waals surface area contributed by atoms with Crippen molar-refractivity contribution in [3.63, 3.8) is 0 Å². The molecule has 0 saturated heterocycles. The first-order valence-corrected chi connectivity index (χ1v) is 13.4. The van der Waals surface area contributed by atoms with Gasteiger partial charge in [0.05, 0.1) is 25.4 Å². The van der Waals surface area contributed by atoms with E-state index in [1.165, 1.54) is 5.56 Å². The predicted octanol–water partition coefficient (Wildman–Crippen LogP) is 6.26. The molecule has 1 fully saturated rings. The van der Waals surface area contributed by atoms with Crippen molar-refractivity contribution >= 4 is 5.78 Å². The quantitative estimate of drug-likeness (QED) is 0.450. The van der Waals surface area contributed by atoms with E-state index in [0.717, 1.165) is 61.4 Å². The Bertz CT molecular complexity index is 949. The zero-order valence-corrected chi connectivity index (χ0v) is 21.8. The Morgan fingerprint density at radius 1 is 1.11 bits per heavy atom. The number of ether oxygens (including phenoxy) is 3. The van der Waals surface area contributed by atoms with E-state index >= 15 is 0 Å². The van der Waals surface area contributed by atoms with Gasteiger partial charge in [0.1, 0.15) is 17.1 Å². The fourth-order valence-corrected chi connectivity index (χ4v) is 5.85. The molecule has 1 unspecified atom stereocenters. The highest BCUT2D eigenvalue weighted by molar-refractivity contribution is 5.96. The van der Waals surface area contributed by atoms with Crippen molar-refractivity contribution in [2.24, 2.45) is 5.92 Å². The maximum absolute atomic E-state index is 13.1. The number of aliphatic hydroxyl groups is 1. The van der Waals surface area contributed by atoms with Crippen LogP contribution in [0.25, 0.3) is 0 Å². The standard InChI is InChI=1S/C30H42O5/c1-20(2)33-19-25-17-30(35-29-8-6-5-7-26(25)29)13-11-22(12-14-30)15-27(32)23-9-10-28(34-21(3)4)24(16-23)18-31/h5-8,16,20-22,25,31H,9-15,17-19H2,1-4H3. The van der Waals surface area contributed by atoms with Crippen LogP contribution in [0.2, 0.25) is 0 Å². The lowest BCUT2D eigenvalue weighted by Crippen LogP contribution is -2.45. The highest BCUT2D eigenvalue weighted by atomic mass is 16.5. The van der Waals surface area contributed by atoms with Crippen LogP contribution < -0.4 is 4.74 Å². The lowest BCUT2D eigenvalue weighted by molar-refractivity contribution is -0.117. The van der Waals surface area contributed by atoms with E-state index in [-0.39, 0.29) is 30.2 Å². The third-order valence-electron chi connectivity index (χ3n) is 7.66. The lowest BCUT2D eigenvalue weighted by atomic mass is 9.70. The number of rotatable bonds is 9. The molecule has 1 aromatic carbocycles. The summed E-state index contributed by atoms with van der Waals surface area (Å²) < 4.78 is 18.5. The average molecular weight is 483 g/mol. The third-order valence-corrected chi connectivity index (χ3v) is 7.66. The molecule has 0 aromatic heterocycles. The molecule has 4 rings (SSSR count). The molecule has 0 bridgehead atoms. The van der Waals surface area contributed by atoms with E-state index in [4.69, 9.17) is 14.2 Å². The van der Waals surface area contributed by atoms with Crippen LogP contribution in [0.4, 0.5) is 0 Å². The molecule has 1 aliphatic heterocycles. The number of fused-ring (bicyclic) bond motifs is 1. The summed E-state index contributed by atoms with van der Waals surface area (Å²) in [4.78, 5) is 13.1. The summed E-state index contributed by atoms with van der Waals surface area (Å²) in [6.07, 6.45) is 9.05. The minimum Gasteiger partial charge on any atom is -0.495 e. The number of benzene rings is 1. The van der Waals surface area contributed by atoms with Crippen molar-refractivity contribution in [3.8, 4) is 5.75 Å². The molecule has 1 saturated carbocycles. The summed E-state index contributed by atoms with van der Waals surface area (Å²) >= 11 is 0. The van der Waals surface area contributed by atoms with Crippen molar-refractivity contribution in [2.75, 3.05) is 13.2 Å². The molecule has 0 amide bonds. The SMILES string of the molecule is CC(C)OCC1CC2(CCC(CC(=O)C3=CC(CO)=C(OC(C)C)CC3)CC2)Oc2ccccc21. The van der Waals surface area contributed by atoms with E-state index in [1.54, 1.807) is 0 Å². The Labute approximate surface area is 210 Å². The van der Waals surface area contributed by atoms with E-state index in [9.17, 15) is 9.90 Å². The molecular formula is C30H42O5. The van der Waals surface area contributed by atoms with Gasteiger partial charge in [-0.25, -0.2) is 0 Å². The molecule has 3 aliphatic rings. The summed E-state index contributed by atoms with van der Waals surface area (Å²) in [6.45, 7) is 8.77. The lowest BCUT2D eigenvalue weighted by Gasteiger charge is -2.46. The van der Waals surface area contributed by atoms with Gasteiger partial charge in [0.15, 0.2) is 5.78 Å². The normalized spacial score (nSPS) is 26.5. The Hall–Kier alpha value is -2.11. The van der Waals surface area contributed by atoms with Crippen LogP contribution in [0.15, 0.2) is 47.2 Å². The van der Waals surface area contributed by atoms with Crippen molar-refractivity contribution in [2.45, 2.75) is 103 Å². The summed E-state index contributed by atoms with van der Waals surface area (Å²) in [5.41, 5.74) is 2.69. The molecule has 0 radical (unpaired) electrons. The summed E-state index contributed by atoms with van der Waals surface area (Å²) in [6, 6.07) is 8.40. The van der Waals surface area contributed by atoms with Crippen molar-refractivity contribution in [3.05, 3.63) is 52.8 Å². The van der Waals surface area contributed by atoms with E-state index in [1.807, 2.05) is 26.0 Å². The summed E-state index contributed by atoms with van der Waals surface area (Å²) in [5, 5.41) is 9.78. The van der Waals surface area contributed by atoms with Crippen LogP contribution in [-0.4, -0.2) is 41.9 Å². The van der Waals surface area contributed by atoms with Crippen LogP contribution in [0.3, 0.4) is 0 Å². The minimum absolute atomic E-state index is 0.0669. The maximum atomic E-state index is 13.1. The van der Waals surface area contributed by atoms with E-state index < -0.39 is 0 Å². The second-order valence-electron chi connectivity index (χ2n) is 11.1. The second-order valence-corrected chi connectivity index (χ2v) is 11.1. The van der Waals surface area contributed by atoms with Crippen LogP contribution in [-0.2, 0) is 14.3 Å².